The van der Waals surface area contributed by atoms with E-state index >= 15 is 0 Å². The minimum atomic E-state index is -0.444. The molecule has 0 N–H and O–H groups in total. The van der Waals surface area contributed by atoms with Crippen LogP contribution in [-0.4, -0.2) is 14.8 Å². The zero-order chi connectivity index (χ0) is 12.5. The standard InChI is InChI=1S/C12H15N3O2/c1-12(2,3)10-14-15(11(16)17-10)8-9-6-4-5-7-13-9/h4-7H,8H2,1-3H3. The van der Waals surface area contributed by atoms with Crippen molar-refractivity contribution in [2.75, 3.05) is 0 Å². The molecule has 5 nitrogen and oxygen atoms in total. The Morgan fingerprint density at radius 1 is 1.35 bits per heavy atom. The van der Waals surface area contributed by atoms with E-state index in [0.29, 0.717) is 12.4 Å². The third kappa shape index (κ3) is 2.61. The number of pyridine rings is 1. The van der Waals surface area contributed by atoms with Crippen molar-refractivity contribution < 1.29 is 4.42 Å². The number of rotatable bonds is 2. The smallest absolute Gasteiger partial charge is 0.392 e. The highest BCUT2D eigenvalue weighted by Crippen LogP contribution is 2.18. The normalized spacial score (nSPS) is 11.7. The predicted octanol–water partition coefficient (Wildman–Crippen LogP) is 1.58. The van der Waals surface area contributed by atoms with Crippen LogP contribution in [0, 0.1) is 0 Å². The van der Waals surface area contributed by atoms with Crippen molar-refractivity contribution in [3.63, 3.8) is 0 Å². The molecule has 0 fully saturated rings. The van der Waals surface area contributed by atoms with Gasteiger partial charge in [-0.15, -0.1) is 5.10 Å². The summed E-state index contributed by atoms with van der Waals surface area (Å²) in [5, 5.41) is 4.17. The molecule has 0 saturated carbocycles. The SMILES string of the molecule is CC(C)(C)c1nn(Cc2ccccn2)c(=O)o1. The van der Waals surface area contributed by atoms with Crippen molar-refractivity contribution in [2.24, 2.45) is 0 Å². The summed E-state index contributed by atoms with van der Waals surface area (Å²) in [6.07, 6.45) is 1.69. The molecule has 5 heteroatoms. The van der Waals surface area contributed by atoms with Gasteiger partial charge in [0.15, 0.2) is 0 Å². The minimum Gasteiger partial charge on any atom is -0.392 e. The predicted molar refractivity (Wildman–Crippen MR) is 62.8 cm³/mol. The Balaban J connectivity index is 2.29. The van der Waals surface area contributed by atoms with E-state index in [1.807, 2.05) is 39.0 Å². The van der Waals surface area contributed by atoms with Gasteiger partial charge < -0.3 is 4.42 Å². The molecule has 0 saturated heterocycles. The van der Waals surface area contributed by atoms with Crippen LogP contribution < -0.4 is 5.76 Å². The van der Waals surface area contributed by atoms with Crippen molar-refractivity contribution in [1.82, 2.24) is 14.8 Å². The van der Waals surface area contributed by atoms with Gasteiger partial charge in [-0.1, -0.05) is 26.8 Å². The molecule has 0 atom stereocenters. The fourth-order valence-electron chi connectivity index (χ4n) is 1.35. The maximum Gasteiger partial charge on any atom is 0.437 e. The van der Waals surface area contributed by atoms with E-state index in [1.54, 1.807) is 6.20 Å². The van der Waals surface area contributed by atoms with Crippen LogP contribution in [0.15, 0.2) is 33.6 Å². The Hall–Kier alpha value is -1.91. The van der Waals surface area contributed by atoms with Gasteiger partial charge in [-0.3, -0.25) is 4.98 Å². The largest absolute Gasteiger partial charge is 0.437 e. The van der Waals surface area contributed by atoms with Crippen LogP contribution in [-0.2, 0) is 12.0 Å². The maximum atomic E-state index is 11.6. The van der Waals surface area contributed by atoms with Gasteiger partial charge in [-0.05, 0) is 12.1 Å². The average molecular weight is 233 g/mol. The fourth-order valence-corrected chi connectivity index (χ4v) is 1.35. The van der Waals surface area contributed by atoms with Gasteiger partial charge in [0.1, 0.15) is 0 Å². The van der Waals surface area contributed by atoms with Gasteiger partial charge in [-0.2, -0.15) is 4.68 Å². The monoisotopic (exact) mass is 233 g/mol. The quantitative estimate of drug-likeness (QED) is 0.790. The molecule has 2 rings (SSSR count). The zero-order valence-electron chi connectivity index (χ0n) is 10.2. The lowest BCUT2D eigenvalue weighted by molar-refractivity contribution is 0.374. The third-order valence-corrected chi connectivity index (χ3v) is 2.29. The first kappa shape index (κ1) is 11.6. The molecule has 0 unspecified atom stereocenters. The van der Waals surface area contributed by atoms with E-state index in [-0.39, 0.29) is 5.41 Å². The molecular weight excluding hydrogens is 218 g/mol. The van der Waals surface area contributed by atoms with Crippen molar-refractivity contribution in [3.8, 4) is 0 Å². The Bertz CT molecular complexity index is 549. The second-order valence-electron chi connectivity index (χ2n) is 4.90. The van der Waals surface area contributed by atoms with Crippen LogP contribution in [0.4, 0.5) is 0 Å². The number of hydrogen-bond donors (Lipinski definition) is 0. The lowest BCUT2D eigenvalue weighted by atomic mass is 9.97. The van der Waals surface area contributed by atoms with Gasteiger partial charge in [0.25, 0.3) is 0 Å². The molecule has 0 aromatic carbocycles. The minimum absolute atomic E-state index is 0.269. The Morgan fingerprint density at radius 2 is 2.12 bits per heavy atom. The average Bonchev–Trinajstić information content (AvgIpc) is 2.62. The molecule has 0 bridgehead atoms. The van der Waals surface area contributed by atoms with E-state index in [0.717, 1.165) is 5.69 Å². The summed E-state index contributed by atoms with van der Waals surface area (Å²) in [5.74, 6) is -0.000917. The summed E-state index contributed by atoms with van der Waals surface area (Å²) in [4.78, 5) is 15.7. The van der Waals surface area contributed by atoms with Crippen LogP contribution in [0.25, 0.3) is 0 Å². The van der Waals surface area contributed by atoms with Crippen LogP contribution in [0.1, 0.15) is 32.4 Å². The highest BCUT2D eigenvalue weighted by Gasteiger charge is 2.22. The molecule has 0 aliphatic rings. The molecule has 0 amide bonds. The van der Waals surface area contributed by atoms with Crippen LogP contribution in [0.3, 0.4) is 0 Å². The number of nitrogens with zero attached hydrogens (tertiary/aromatic N) is 3. The first-order valence-electron chi connectivity index (χ1n) is 5.45. The third-order valence-electron chi connectivity index (χ3n) is 2.29. The van der Waals surface area contributed by atoms with E-state index in [4.69, 9.17) is 4.42 Å². The van der Waals surface area contributed by atoms with Crippen molar-refractivity contribution in [3.05, 3.63) is 46.5 Å². The lowest BCUT2D eigenvalue weighted by Gasteiger charge is -2.10. The summed E-state index contributed by atoms with van der Waals surface area (Å²) < 4.78 is 6.41. The Kier molecular flexibility index (Phi) is 2.83. The molecule has 90 valence electrons. The fraction of sp³-hybridized carbons (Fsp3) is 0.417. The van der Waals surface area contributed by atoms with Gasteiger partial charge in [0.2, 0.25) is 5.89 Å². The zero-order valence-corrected chi connectivity index (χ0v) is 10.2. The number of hydrogen-bond acceptors (Lipinski definition) is 4. The Labute approximate surface area is 99.1 Å². The molecule has 0 aliphatic carbocycles. The van der Waals surface area contributed by atoms with E-state index in [2.05, 4.69) is 10.1 Å². The van der Waals surface area contributed by atoms with Gasteiger partial charge in [-0.25, -0.2) is 4.79 Å². The summed E-state index contributed by atoms with van der Waals surface area (Å²) in [6.45, 7) is 6.18. The van der Waals surface area contributed by atoms with Crippen LogP contribution in [0.5, 0.6) is 0 Å². The van der Waals surface area contributed by atoms with Crippen LogP contribution >= 0.6 is 0 Å². The second kappa shape index (κ2) is 4.16. The van der Waals surface area contributed by atoms with E-state index in [1.165, 1.54) is 4.68 Å². The van der Waals surface area contributed by atoms with Crippen molar-refractivity contribution in [2.45, 2.75) is 32.7 Å². The summed E-state index contributed by atoms with van der Waals surface area (Å²) >= 11 is 0. The molecule has 0 aliphatic heterocycles. The summed E-state index contributed by atoms with van der Waals surface area (Å²) in [7, 11) is 0. The molecule has 0 spiro atoms. The van der Waals surface area contributed by atoms with Crippen molar-refractivity contribution >= 4 is 0 Å². The molecule has 2 aromatic heterocycles. The van der Waals surface area contributed by atoms with Gasteiger partial charge in [0, 0.05) is 11.6 Å². The first-order valence-corrected chi connectivity index (χ1v) is 5.45. The summed E-state index contributed by atoms with van der Waals surface area (Å²) in [5.41, 5.74) is 0.512. The molecule has 2 heterocycles. The van der Waals surface area contributed by atoms with Crippen molar-refractivity contribution in [1.29, 1.82) is 0 Å². The van der Waals surface area contributed by atoms with Gasteiger partial charge in [0.05, 0.1) is 12.2 Å². The summed E-state index contributed by atoms with van der Waals surface area (Å²) in [6, 6.07) is 5.55. The lowest BCUT2D eigenvalue weighted by Crippen LogP contribution is -2.17. The highest BCUT2D eigenvalue weighted by molar-refractivity contribution is 5.04. The van der Waals surface area contributed by atoms with E-state index < -0.39 is 5.76 Å². The maximum absolute atomic E-state index is 11.6. The second-order valence-corrected chi connectivity index (χ2v) is 4.90. The first-order chi connectivity index (χ1) is 7.97. The molecule has 17 heavy (non-hydrogen) atoms. The topological polar surface area (TPSA) is 60.9 Å². The molecule has 0 radical (unpaired) electrons. The number of aromatic nitrogens is 3. The van der Waals surface area contributed by atoms with Crippen LogP contribution in [0.2, 0.25) is 0 Å². The molecular formula is C12H15N3O2. The highest BCUT2D eigenvalue weighted by atomic mass is 16.4. The Morgan fingerprint density at radius 3 is 2.65 bits per heavy atom. The van der Waals surface area contributed by atoms with E-state index in [9.17, 15) is 4.79 Å². The van der Waals surface area contributed by atoms with Gasteiger partial charge >= 0.3 is 5.76 Å². The molecule has 2 aromatic rings.